The van der Waals surface area contributed by atoms with Crippen LogP contribution in [-0.2, 0) is 11.3 Å². The van der Waals surface area contributed by atoms with Crippen LogP contribution in [0.4, 0.5) is 0 Å². The number of carbonyl (C=O) groups excluding carboxylic acids is 1. The summed E-state index contributed by atoms with van der Waals surface area (Å²) in [6, 6.07) is 13.3. The molecule has 6 heteroatoms. The third kappa shape index (κ3) is 4.69. The van der Waals surface area contributed by atoms with Gasteiger partial charge in [-0.2, -0.15) is 0 Å². The molecule has 1 aliphatic rings. The van der Waals surface area contributed by atoms with Crippen molar-refractivity contribution in [2.75, 3.05) is 19.8 Å². The zero-order valence-electron chi connectivity index (χ0n) is 18.1. The number of phenolic OH excluding ortho intramolecular Hbond substituents is 1. The van der Waals surface area contributed by atoms with Crippen molar-refractivity contribution in [1.29, 1.82) is 0 Å². The molecule has 2 atom stereocenters. The van der Waals surface area contributed by atoms with E-state index in [0.717, 1.165) is 17.9 Å². The van der Waals surface area contributed by atoms with Gasteiger partial charge >= 0.3 is 5.97 Å². The van der Waals surface area contributed by atoms with Crippen molar-refractivity contribution in [3.8, 4) is 11.5 Å². The highest BCUT2D eigenvalue weighted by Gasteiger charge is 2.28. The summed E-state index contributed by atoms with van der Waals surface area (Å²) in [5.74, 6) is 0.966. The van der Waals surface area contributed by atoms with Gasteiger partial charge in [-0.25, -0.2) is 4.79 Å². The van der Waals surface area contributed by atoms with Crippen LogP contribution in [0.25, 0.3) is 11.0 Å². The van der Waals surface area contributed by atoms with Gasteiger partial charge in [0.25, 0.3) is 0 Å². The van der Waals surface area contributed by atoms with Crippen molar-refractivity contribution < 1.29 is 28.7 Å². The van der Waals surface area contributed by atoms with Gasteiger partial charge < -0.3 is 23.9 Å². The first-order valence-corrected chi connectivity index (χ1v) is 11.0. The molecular weight excluding hydrogens is 394 g/mol. The zero-order chi connectivity index (χ0) is 21.8. The minimum absolute atomic E-state index is 0.127. The number of hydrogen-bond donors (Lipinski definition) is 2. The van der Waals surface area contributed by atoms with Crippen LogP contribution in [0.2, 0.25) is 0 Å². The number of aromatic hydroxyl groups is 1. The Kier molecular flexibility index (Phi) is 6.47. The van der Waals surface area contributed by atoms with E-state index in [1.807, 2.05) is 30.3 Å². The number of quaternary nitrogens is 1. The lowest BCUT2D eigenvalue weighted by Crippen LogP contribution is -3.14. The van der Waals surface area contributed by atoms with Crippen molar-refractivity contribution in [3.05, 3.63) is 59.4 Å². The van der Waals surface area contributed by atoms with E-state index in [1.165, 1.54) is 24.2 Å². The number of ether oxygens (including phenoxy) is 2. The van der Waals surface area contributed by atoms with Gasteiger partial charge in [-0.05, 0) is 57.4 Å². The second kappa shape index (κ2) is 9.43. The molecule has 0 amide bonds. The molecule has 164 valence electrons. The summed E-state index contributed by atoms with van der Waals surface area (Å²) in [5.41, 5.74) is 1.75. The molecule has 1 fully saturated rings. The molecule has 2 heterocycles. The molecule has 6 nitrogen and oxygen atoms in total. The average Bonchev–Trinajstić information content (AvgIpc) is 3.11. The Labute approximate surface area is 182 Å². The first kappa shape index (κ1) is 21.2. The maximum Gasteiger partial charge on any atom is 0.342 e. The van der Waals surface area contributed by atoms with E-state index in [0.29, 0.717) is 34.9 Å². The van der Waals surface area contributed by atoms with E-state index in [-0.39, 0.29) is 19.0 Å². The molecule has 2 aromatic carbocycles. The zero-order valence-corrected chi connectivity index (χ0v) is 18.1. The number of rotatable bonds is 7. The maximum absolute atomic E-state index is 12.9. The predicted molar refractivity (Wildman–Crippen MR) is 118 cm³/mol. The van der Waals surface area contributed by atoms with E-state index < -0.39 is 5.97 Å². The number of para-hydroxylation sites is 1. The number of furan rings is 1. The topological polar surface area (TPSA) is 73.3 Å². The Morgan fingerprint density at radius 3 is 2.74 bits per heavy atom. The number of hydrogen-bond acceptors (Lipinski definition) is 5. The smallest absolute Gasteiger partial charge is 0.342 e. The lowest BCUT2D eigenvalue weighted by atomic mass is 9.99. The van der Waals surface area contributed by atoms with Crippen molar-refractivity contribution in [3.63, 3.8) is 0 Å². The van der Waals surface area contributed by atoms with Gasteiger partial charge in [0.05, 0.1) is 18.2 Å². The van der Waals surface area contributed by atoms with Crippen LogP contribution in [0.15, 0.2) is 46.9 Å². The first-order chi connectivity index (χ1) is 15.0. The van der Waals surface area contributed by atoms with E-state index >= 15 is 0 Å². The van der Waals surface area contributed by atoms with Crippen LogP contribution < -0.4 is 9.64 Å². The quantitative estimate of drug-likeness (QED) is 0.448. The van der Waals surface area contributed by atoms with Crippen molar-refractivity contribution >= 4 is 16.9 Å². The summed E-state index contributed by atoms with van der Waals surface area (Å²) in [6.45, 7) is 6.11. The van der Waals surface area contributed by atoms with Gasteiger partial charge in [0, 0.05) is 5.39 Å². The molecule has 0 radical (unpaired) electrons. The maximum atomic E-state index is 12.9. The molecule has 3 aromatic rings. The lowest BCUT2D eigenvalue weighted by Gasteiger charge is -2.30. The van der Waals surface area contributed by atoms with Crippen LogP contribution in [0.1, 0.15) is 47.9 Å². The fourth-order valence-corrected chi connectivity index (χ4v) is 4.42. The highest BCUT2D eigenvalue weighted by Crippen LogP contribution is 2.34. The van der Waals surface area contributed by atoms with E-state index in [2.05, 4.69) is 6.92 Å². The molecule has 0 aliphatic carbocycles. The average molecular weight is 425 g/mol. The number of aryl methyl sites for hydroxylation is 1. The molecule has 1 unspecified atom stereocenters. The van der Waals surface area contributed by atoms with E-state index in [9.17, 15) is 9.90 Å². The fourth-order valence-electron chi connectivity index (χ4n) is 4.42. The van der Waals surface area contributed by atoms with Gasteiger partial charge in [0.2, 0.25) is 0 Å². The Hall–Kier alpha value is -2.99. The molecule has 1 saturated heterocycles. The molecule has 1 aliphatic heterocycles. The summed E-state index contributed by atoms with van der Waals surface area (Å²) in [7, 11) is 0. The fraction of sp³-hybridized carbons (Fsp3) is 0.400. The van der Waals surface area contributed by atoms with Gasteiger partial charge in [-0.15, -0.1) is 0 Å². The number of nitrogens with one attached hydrogen (secondary N) is 1. The van der Waals surface area contributed by atoms with Gasteiger partial charge in [-0.3, -0.25) is 0 Å². The van der Waals surface area contributed by atoms with Gasteiger partial charge in [-0.1, -0.05) is 18.2 Å². The Balaban J connectivity index is 1.53. The Morgan fingerprint density at radius 2 is 1.97 bits per heavy atom. The van der Waals surface area contributed by atoms with Crippen LogP contribution in [-0.4, -0.2) is 36.9 Å². The van der Waals surface area contributed by atoms with E-state index in [1.54, 1.807) is 19.1 Å². The molecule has 0 saturated carbocycles. The molecule has 0 spiro atoms. The number of esters is 1. The summed E-state index contributed by atoms with van der Waals surface area (Å²) in [6.07, 6.45) is 3.60. The lowest BCUT2D eigenvalue weighted by molar-refractivity contribution is -0.941. The van der Waals surface area contributed by atoms with Gasteiger partial charge in [0.15, 0.2) is 0 Å². The number of phenols is 1. The molecule has 1 aromatic heterocycles. The second-order valence-corrected chi connectivity index (χ2v) is 8.25. The molecule has 4 rings (SSSR count). The van der Waals surface area contributed by atoms with Crippen molar-refractivity contribution in [2.45, 2.75) is 45.7 Å². The number of carbonyl (C=O) groups is 1. The molecule has 31 heavy (non-hydrogen) atoms. The number of piperidine rings is 1. The molecule has 0 bridgehead atoms. The van der Waals surface area contributed by atoms with Crippen molar-refractivity contribution in [1.82, 2.24) is 0 Å². The minimum atomic E-state index is -0.457. The van der Waals surface area contributed by atoms with Crippen LogP contribution >= 0.6 is 0 Å². The van der Waals surface area contributed by atoms with Crippen LogP contribution in [0.3, 0.4) is 0 Å². The SMILES string of the molecule is Cc1oc2ccc(O)c(C[NH+]3CCCC[C@H]3C)c2c1C(=O)OCCOc1ccccc1. The first-order valence-electron chi connectivity index (χ1n) is 11.0. The summed E-state index contributed by atoms with van der Waals surface area (Å²) >= 11 is 0. The standard InChI is InChI=1S/C25H29NO5/c1-17-8-6-7-13-26(17)16-20-21(27)11-12-22-24(20)23(18(2)31-22)25(28)30-15-14-29-19-9-4-3-5-10-19/h3-5,9-12,17,27H,6-8,13-16H2,1-2H3/p+1/t17-/m1/s1. The van der Waals surface area contributed by atoms with Crippen molar-refractivity contribution in [2.24, 2.45) is 0 Å². The number of benzene rings is 2. The summed E-state index contributed by atoms with van der Waals surface area (Å²) in [5, 5.41) is 11.3. The number of likely N-dealkylation sites (tertiary alicyclic amines) is 1. The van der Waals surface area contributed by atoms with Gasteiger partial charge in [0.1, 0.15) is 48.2 Å². The van der Waals surface area contributed by atoms with E-state index in [4.69, 9.17) is 13.9 Å². The minimum Gasteiger partial charge on any atom is -0.507 e. The molecular formula is C25H30NO5+. The monoisotopic (exact) mass is 424 g/mol. The Bertz CT molecular complexity index is 1040. The summed E-state index contributed by atoms with van der Waals surface area (Å²) in [4.78, 5) is 14.4. The third-order valence-corrected chi connectivity index (χ3v) is 6.13. The van der Waals surface area contributed by atoms with Crippen LogP contribution in [0.5, 0.6) is 11.5 Å². The second-order valence-electron chi connectivity index (χ2n) is 8.25. The number of fused-ring (bicyclic) bond motifs is 1. The largest absolute Gasteiger partial charge is 0.507 e. The van der Waals surface area contributed by atoms with Crippen LogP contribution in [0, 0.1) is 6.92 Å². The summed E-state index contributed by atoms with van der Waals surface area (Å²) < 4.78 is 16.9. The highest BCUT2D eigenvalue weighted by molar-refractivity contribution is 6.06. The highest BCUT2D eigenvalue weighted by atomic mass is 16.6. The molecule has 2 N–H and O–H groups in total. The normalized spacial score (nSPS) is 18.8. The Morgan fingerprint density at radius 1 is 1.16 bits per heavy atom. The third-order valence-electron chi connectivity index (χ3n) is 6.13. The predicted octanol–water partition coefficient (Wildman–Crippen LogP) is 3.64.